The van der Waals surface area contributed by atoms with Crippen LogP contribution in [0.2, 0.25) is 0 Å². The molecule has 0 aliphatic heterocycles. The van der Waals surface area contributed by atoms with E-state index in [1.165, 1.54) is 0 Å². The highest BCUT2D eigenvalue weighted by molar-refractivity contribution is 7.85. The molecule has 0 saturated carbocycles. The lowest BCUT2D eigenvalue weighted by atomic mass is 10.1. The molecule has 1 atom stereocenters. The Bertz CT molecular complexity index is 305. The Balaban J connectivity index is 0. The zero-order chi connectivity index (χ0) is 12.1. The van der Waals surface area contributed by atoms with Crippen LogP contribution in [0.15, 0.2) is 0 Å². The molecule has 0 aliphatic rings. The van der Waals surface area contributed by atoms with E-state index in [0.29, 0.717) is 0 Å². The fourth-order valence-corrected chi connectivity index (χ4v) is 1.40. The highest BCUT2D eigenvalue weighted by atomic mass is 32.2. The molecule has 0 fully saturated rings. The maximum Gasteiger partial charge on any atom is 0.264 e. The predicted octanol–water partition coefficient (Wildman–Crippen LogP) is -0.390. The second kappa shape index (κ2) is 6.04. The van der Waals surface area contributed by atoms with E-state index < -0.39 is 16.2 Å². The van der Waals surface area contributed by atoms with Crippen molar-refractivity contribution in [2.24, 2.45) is 11.7 Å². The number of carbonyl (C=O) groups excluding carboxylic acids is 1. The molecule has 0 aromatic heterocycles. The zero-order valence-electron chi connectivity index (χ0n) is 8.93. The van der Waals surface area contributed by atoms with Crippen molar-refractivity contribution >= 4 is 16.0 Å². The van der Waals surface area contributed by atoms with Crippen molar-refractivity contribution < 1.29 is 19.2 Å². The fourth-order valence-electron chi connectivity index (χ4n) is 0.887. The summed E-state index contributed by atoms with van der Waals surface area (Å²) in [4.78, 5) is 11.3. The Labute approximate surface area is 91.5 Å². The van der Waals surface area contributed by atoms with E-state index in [2.05, 4.69) is 5.32 Å². The maximum absolute atomic E-state index is 11.3. The van der Waals surface area contributed by atoms with E-state index in [1.807, 2.05) is 13.8 Å². The summed E-state index contributed by atoms with van der Waals surface area (Å²) < 4.78 is 29.1. The molecule has 1 amide bonds. The lowest BCUT2D eigenvalue weighted by molar-refractivity contribution is -0.123. The van der Waals surface area contributed by atoms with Crippen molar-refractivity contribution in [1.82, 2.24) is 5.32 Å². The van der Waals surface area contributed by atoms with Crippen LogP contribution in [0.5, 0.6) is 0 Å². The Morgan fingerprint density at radius 2 is 2.07 bits per heavy atom. The summed E-state index contributed by atoms with van der Waals surface area (Å²) in [5, 5.41) is 2.50. The first kappa shape index (κ1) is 14.3. The molecule has 92 valence electrons. The Morgan fingerprint density at radius 3 is 2.47 bits per heavy atom. The molecule has 15 heavy (non-hydrogen) atoms. The van der Waals surface area contributed by atoms with Gasteiger partial charge in [-0.25, -0.2) is 0 Å². The summed E-state index contributed by atoms with van der Waals surface area (Å²) in [6, 6.07) is -0.587. The quantitative estimate of drug-likeness (QED) is 0.333. The Hall–Kier alpha value is -0.660. The first-order valence-corrected chi connectivity index (χ1v) is 6.33. The van der Waals surface area contributed by atoms with Crippen LogP contribution in [0.3, 0.4) is 0 Å². The SMILES string of the molecule is CC(C)[C@H](N)C(=O)[15NH]CCCS(=O)(=O)O.[HH]. The van der Waals surface area contributed by atoms with Gasteiger partial charge in [-0.2, -0.15) is 8.42 Å². The minimum Gasteiger partial charge on any atom is -0.355 e. The van der Waals surface area contributed by atoms with Gasteiger partial charge in [-0.05, 0) is 12.3 Å². The number of nitrogens with one attached hydrogen (secondary N) is 1. The van der Waals surface area contributed by atoms with Crippen LogP contribution in [-0.4, -0.2) is 37.2 Å². The monoisotopic (exact) mass is 241 g/mol. The molecule has 0 spiro atoms. The molecule has 0 radical (unpaired) electrons. The molecule has 0 bridgehead atoms. The van der Waals surface area contributed by atoms with E-state index in [-0.39, 0.29) is 32.0 Å². The molecular formula is C8H20N2O4S. The Kier molecular flexibility index (Phi) is 5.77. The molecular weight excluding hydrogens is 221 g/mol. The van der Waals surface area contributed by atoms with Crippen LogP contribution >= 0.6 is 0 Å². The third kappa shape index (κ3) is 7.29. The number of carbonyl (C=O) groups is 1. The van der Waals surface area contributed by atoms with Crippen molar-refractivity contribution in [2.75, 3.05) is 12.3 Å². The normalized spacial score (nSPS) is 13.9. The van der Waals surface area contributed by atoms with Crippen LogP contribution in [0, 0.1) is 5.92 Å². The predicted molar refractivity (Wildman–Crippen MR) is 59.0 cm³/mol. The fraction of sp³-hybridized carbons (Fsp3) is 0.875. The van der Waals surface area contributed by atoms with Crippen molar-refractivity contribution in [2.45, 2.75) is 26.3 Å². The van der Waals surface area contributed by atoms with Crippen molar-refractivity contribution in [3.8, 4) is 0 Å². The molecule has 0 aromatic rings. The third-order valence-corrected chi connectivity index (χ3v) is 2.70. The van der Waals surface area contributed by atoms with Gasteiger partial charge in [-0.3, -0.25) is 9.35 Å². The van der Waals surface area contributed by atoms with E-state index in [9.17, 15) is 13.2 Å². The maximum atomic E-state index is 11.3. The molecule has 0 heterocycles. The lowest BCUT2D eigenvalue weighted by Gasteiger charge is -2.14. The highest BCUT2D eigenvalue weighted by Gasteiger charge is 2.16. The first-order chi connectivity index (χ1) is 6.74. The van der Waals surface area contributed by atoms with E-state index in [0.717, 1.165) is 0 Å². The van der Waals surface area contributed by atoms with Gasteiger partial charge in [0.15, 0.2) is 0 Å². The van der Waals surface area contributed by atoms with E-state index in [1.54, 1.807) is 0 Å². The van der Waals surface area contributed by atoms with Gasteiger partial charge in [-0.15, -0.1) is 0 Å². The molecule has 7 heteroatoms. The zero-order valence-corrected chi connectivity index (χ0v) is 9.75. The lowest BCUT2D eigenvalue weighted by Crippen LogP contribution is -2.44. The van der Waals surface area contributed by atoms with Gasteiger partial charge >= 0.3 is 0 Å². The minimum absolute atomic E-state index is 0. The van der Waals surface area contributed by atoms with Crippen LogP contribution in [0.4, 0.5) is 0 Å². The summed E-state index contributed by atoms with van der Waals surface area (Å²) in [6.07, 6.45) is 0.176. The van der Waals surface area contributed by atoms with Gasteiger partial charge in [-0.1, -0.05) is 13.8 Å². The number of nitrogens with two attached hydrogens (primary N) is 1. The smallest absolute Gasteiger partial charge is 0.264 e. The average Bonchev–Trinajstić information content (AvgIpc) is 2.09. The third-order valence-electron chi connectivity index (χ3n) is 1.90. The topological polar surface area (TPSA) is 109 Å². The summed E-state index contributed by atoms with van der Waals surface area (Å²) in [5.74, 6) is -0.628. The molecule has 4 N–H and O–H groups in total. The van der Waals surface area contributed by atoms with E-state index in [4.69, 9.17) is 10.3 Å². The van der Waals surface area contributed by atoms with Gasteiger partial charge in [0.25, 0.3) is 10.1 Å². The van der Waals surface area contributed by atoms with Crippen molar-refractivity contribution in [3.05, 3.63) is 0 Å². The summed E-state index contributed by atoms with van der Waals surface area (Å²) in [6.45, 7) is 3.84. The van der Waals surface area contributed by atoms with Gasteiger partial charge in [0.2, 0.25) is 5.91 Å². The van der Waals surface area contributed by atoms with Crippen LogP contribution in [0.25, 0.3) is 0 Å². The second-order valence-electron chi connectivity index (χ2n) is 3.70. The summed E-state index contributed by atoms with van der Waals surface area (Å²) in [7, 11) is -3.94. The van der Waals surface area contributed by atoms with Crippen LogP contribution in [0.1, 0.15) is 21.7 Å². The first-order valence-electron chi connectivity index (χ1n) is 4.72. The molecule has 0 aromatic carbocycles. The van der Waals surface area contributed by atoms with Crippen molar-refractivity contribution in [3.63, 3.8) is 0 Å². The van der Waals surface area contributed by atoms with Gasteiger partial charge in [0.1, 0.15) is 0 Å². The molecule has 0 unspecified atom stereocenters. The van der Waals surface area contributed by atoms with Gasteiger partial charge < -0.3 is 11.1 Å². The van der Waals surface area contributed by atoms with E-state index >= 15 is 0 Å². The number of hydrogen-bond acceptors (Lipinski definition) is 4. The molecule has 6 nitrogen and oxygen atoms in total. The summed E-state index contributed by atoms with van der Waals surface area (Å²) >= 11 is 0. The largest absolute Gasteiger partial charge is 0.355 e. The van der Waals surface area contributed by atoms with Crippen molar-refractivity contribution in [1.29, 1.82) is 0 Å². The summed E-state index contributed by atoms with van der Waals surface area (Å²) in [5.41, 5.74) is 5.55. The van der Waals surface area contributed by atoms with Crippen LogP contribution in [-0.2, 0) is 14.9 Å². The molecule has 0 saturated heterocycles. The number of hydrogen-bond donors (Lipinski definition) is 3. The van der Waals surface area contributed by atoms with Crippen LogP contribution < -0.4 is 11.1 Å². The number of rotatable bonds is 6. The number of amides is 1. The Morgan fingerprint density at radius 1 is 1.53 bits per heavy atom. The average molecular weight is 241 g/mol. The minimum atomic E-state index is -3.94. The standard InChI is InChI=1S/C8H18N2O4S.H2/c1-6(2)7(9)8(11)10-4-3-5-15(12,13)14;/h6-7H,3-5,9H2,1-2H3,(H,10,11)(H,12,13,14);1H/t7-;/m0./s1/i10+1;. The van der Waals surface area contributed by atoms with Gasteiger partial charge in [0, 0.05) is 7.97 Å². The van der Waals surface area contributed by atoms with Gasteiger partial charge in [0.05, 0.1) is 11.8 Å². The highest BCUT2D eigenvalue weighted by Crippen LogP contribution is 1.97. The molecule has 0 aliphatic carbocycles. The second-order valence-corrected chi connectivity index (χ2v) is 5.27. The molecule has 0 rings (SSSR count).